The molecule has 0 atom stereocenters. The van der Waals surface area contributed by atoms with Gasteiger partial charge in [-0.2, -0.15) is 0 Å². The van der Waals surface area contributed by atoms with Gasteiger partial charge in [-0.1, -0.05) is 0 Å². The van der Waals surface area contributed by atoms with Crippen LogP contribution in [0.1, 0.15) is 12.8 Å². The summed E-state index contributed by atoms with van der Waals surface area (Å²) in [7, 11) is 0. The van der Waals surface area contributed by atoms with E-state index in [1.165, 1.54) is 0 Å². The van der Waals surface area contributed by atoms with Gasteiger partial charge in [0.15, 0.2) is 0 Å². The zero-order valence-corrected chi connectivity index (χ0v) is 4.85. The molecule has 0 aromatic heterocycles. The van der Waals surface area contributed by atoms with Crippen LogP contribution in [0.15, 0.2) is 0 Å². The Balaban J connectivity index is 2.40. The smallest absolute Gasteiger partial charge is 0.266 e. The Kier molecular flexibility index (Phi) is 1.44. The molecule has 0 saturated heterocycles. The van der Waals surface area contributed by atoms with Crippen LogP contribution in [0, 0.1) is 0 Å². The molecular weight excluding hydrogens is 128 g/mol. The SMILES string of the molecule is NC1CC(O)(C(F)F)C1. The number of rotatable bonds is 1. The molecule has 0 aliphatic heterocycles. The first-order valence-corrected chi connectivity index (χ1v) is 2.81. The minimum Gasteiger partial charge on any atom is -0.384 e. The summed E-state index contributed by atoms with van der Waals surface area (Å²) in [6, 6.07) is -0.232. The van der Waals surface area contributed by atoms with Crippen molar-refractivity contribution in [1.82, 2.24) is 0 Å². The summed E-state index contributed by atoms with van der Waals surface area (Å²) >= 11 is 0. The molecule has 3 N–H and O–H groups in total. The van der Waals surface area contributed by atoms with Crippen molar-refractivity contribution >= 4 is 0 Å². The Morgan fingerprint density at radius 3 is 2.11 bits per heavy atom. The fraction of sp³-hybridized carbons (Fsp3) is 1.00. The Labute approximate surface area is 51.7 Å². The molecule has 0 radical (unpaired) electrons. The molecule has 0 aromatic carbocycles. The van der Waals surface area contributed by atoms with Gasteiger partial charge < -0.3 is 10.8 Å². The van der Waals surface area contributed by atoms with E-state index in [1.54, 1.807) is 0 Å². The summed E-state index contributed by atoms with van der Waals surface area (Å²) in [5, 5.41) is 8.83. The van der Waals surface area contributed by atoms with Gasteiger partial charge in [-0.05, 0) is 12.8 Å². The van der Waals surface area contributed by atoms with Crippen molar-refractivity contribution < 1.29 is 13.9 Å². The third-order valence-corrected chi connectivity index (χ3v) is 1.64. The lowest BCUT2D eigenvalue weighted by Crippen LogP contribution is -2.55. The highest BCUT2D eigenvalue weighted by Gasteiger charge is 2.48. The summed E-state index contributed by atoms with van der Waals surface area (Å²) in [5.74, 6) is 0. The zero-order chi connectivity index (χ0) is 7.07. The van der Waals surface area contributed by atoms with Crippen LogP contribution in [0.4, 0.5) is 8.78 Å². The molecule has 2 nitrogen and oxygen atoms in total. The first-order chi connectivity index (χ1) is 4.04. The molecule has 0 aromatic rings. The monoisotopic (exact) mass is 137 g/mol. The van der Waals surface area contributed by atoms with Crippen LogP contribution in [0.5, 0.6) is 0 Å². The van der Waals surface area contributed by atoms with E-state index in [0.717, 1.165) is 0 Å². The molecule has 0 spiro atoms. The van der Waals surface area contributed by atoms with E-state index in [2.05, 4.69) is 0 Å². The maximum atomic E-state index is 11.7. The zero-order valence-electron chi connectivity index (χ0n) is 4.85. The Morgan fingerprint density at radius 1 is 1.56 bits per heavy atom. The van der Waals surface area contributed by atoms with Crippen LogP contribution in [-0.4, -0.2) is 23.2 Å². The van der Waals surface area contributed by atoms with Crippen LogP contribution in [0.25, 0.3) is 0 Å². The van der Waals surface area contributed by atoms with Gasteiger partial charge in [0.1, 0.15) is 5.60 Å². The summed E-state index contributed by atoms with van der Waals surface area (Å²) in [5.41, 5.74) is 3.43. The molecule has 1 saturated carbocycles. The van der Waals surface area contributed by atoms with Crippen molar-refractivity contribution in [3.8, 4) is 0 Å². The number of hydrogen-bond acceptors (Lipinski definition) is 2. The molecule has 0 bridgehead atoms. The van der Waals surface area contributed by atoms with Gasteiger partial charge in [-0.3, -0.25) is 0 Å². The quantitative estimate of drug-likeness (QED) is 0.538. The number of halogens is 2. The molecule has 54 valence electrons. The topological polar surface area (TPSA) is 46.2 Å². The van der Waals surface area contributed by atoms with Gasteiger partial charge in [0.25, 0.3) is 6.43 Å². The first kappa shape index (κ1) is 6.89. The molecule has 1 fully saturated rings. The predicted molar refractivity (Wildman–Crippen MR) is 28.2 cm³/mol. The highest BCUT2D eigenvalue weighted by Crippen LogP contribution is 2.35. The fourth-order valence-corrected chi connectivity index (χ4v) is 1.03. The highest BCUT2D eigenvalue weighted by molar-refractivity contribution is 4.98. The normalized spacial score (nSPS) is 43.0. The van der Waals surface area contributed by atoms with Crippen LogP contribution in [0.3, 0.4) is 0 Å². The minimum atomic E-state index is -2.64. The van der Waals surface area contributed by atoms with E-state index < -0.39 is 12.0 Å². The summed E-state index contributed by atoms with van der Waals surface area (Å²) < 4.78 is 23.5. The van der Waals surface area contributed by atoms with Crippen molar-refractivity contribution in [2.24, 2.45) is 5.73 Å². The third kappa shape index (κ3) is 1.04. The van der Waals surface area contributed by atoms with Crippen molar-refractivity contribution in [3.63, 3.8) is 0 Å². The molecule has 1 rings (SSSR count). The molecule has 1 aliphatic rings. The molecular formula is C5H9F2NO. The average Bonchev–Trinajstić information content (AvgIpc) is 1.62. The van der Waals surface area contributed by atoms with Gasteiger partial charge >= 0.3 is 0 Å². The molecule has 0 heterocycles. The van der Waals surface area contributed by atoms with Crippen LogP contribution in [0.2, 0.25) is 0 Å². The molecule has 4 heteroatoms. The molecule has 0 unspecified atom stereocenters. The molecule has 1 aliphatic carbocycles. The van der Waals surface area contributed by atoms with E-state index in [-0.39, 0.29) is 18.9 Å². The second-order valence-electron chi connectivity index (χ2n) is 2.57. The van der Waals surface area contributed by atoms with E-state index in [0.29, 0.717) is 0 Å². The Hall–Kier alpha value is -0.220. The summed E-state index contributed by atoms with van der Waals surface area (Å²) in [6.07, 6.45) is -2.58. The van der Waals surface area contributed by atoms with E-state index >= 15 is 0 Å². The number of hydrogen-bond donors (Lipinski definition) is 2. The lowest BCUT2D eigenvalue weighted by Gasteiger charge is -2.40. The largest absolute Gasteiger partial charge is 0.384 e. The third-order valence-electron chi connectivity index (χ3n) is 1.64. The van der Waals surface area contributed by atoms with Crippen molar-refractivity contribution in [1.29, 1.82) is 0 Å². The van der Waals surface area contributed by atoms with Gasteiger partial charge in [0, 0.05) is 6.04 Å². The fourth-order valence-electron chi connectivity index (χ4n) is 1.03. The van der Waals surface area contributed by atoms with Crippen molar-refractivity contribution in [3.05, 3.63) is 0 Å². The second kappa shape index (κ2) is 1.88. The average molecular weight is 137 g/mol. The molecule has 0 amide bonds. The lowest BCUT2D eigenvalue weighted by molar-refractivity contribution is -0.150. The predicted octanol–water partition coefficient (Wildman–Crippen LogP) is 0.104. The van der Waals surface area contributed by atoms with Crippen LogP contribution in [-0.2, 0) is 0 Å². The van der Waals surface area contributed by atoms with E-state index in [1.807, 2.05) is 0 Å². The highest BCUT2D eigenvalue weighted by atomic mass is 19.3. The first-order valence-electron chi connectivity index (χ1n) is 2.81. The number of alkyl halides is 2. The maximum absolute atomic E-state index is 11.7. The summed E-state index contributed by atoms with van der Waals surface area (Å²) in [6.45, 7) is 0. The minimum absolute atomic E-state index is 0.0324. The van der Waals surface area contributed by atoms with Gasteiger partial charge in [-0.15, -0.1) is 0 Å². The van der Waals surface area contributed by atoms with Crippen molar-refractivity contribution in [2.45, 2.75) is 30.9 Å². The summed E-state index contributed by atoms with van der Waals surface area (Å²) in [4.78, 5) is 0. The van der Waals surface area contributed by atoms with Crippen LogP contribution < -0.4 is 5.73 Å². The number of aliphatic hydroxyl groups is 1. The standard InChI is InChI=1S/C5H9F2NO/c6-4(7)5(9)1-3(8)2-5/h3-4,9H,1-2,8H2. The number of nitrogens with two attached hydrogens (primary N) is 1. The van der Waals surface area contributed by atoms with E-state index in [9.17, 15) is 8.78 Å². The van der Waals surface area contributed by atoms with E-state index in [4.69, 9.17) is 10.8 Å². The van der Waals surface area contributed by atoms with Gasteiger partial charge in [-0.25, -0.2) is 8.78 Å². The Bertz CT molecular complexity index is 112. The van der Waals surface area contributed by atoms with Crippen LogP contribution >= 0.6 is 0 Å². The Morgan fingerprint density at radius 2 is 2.00 bits per heavy atom. The molecule has 9 heavy (non-hydrogen) atoms. The second-order valence-corrected chi connectivity index (χ2v) is 2.57. The van der Waals surface area contributed by atoms with Gasteiger partial charge in [0.2, 0.25) is 0 Å². The van der Waals surface area contributed by atoms with Crippen molar-refractivity contribution in [2.75, 3.05) is 0 Å². The maximum Gasteiger partial charge on any atom is 0.266 e. The van der Waals surface area contributed by atoms with Gasteiger partial charge in [0.05, 0.1) is 0 Å². The lowest BCUT2D eigenvalue weighted by atomic mass is 9.76.